The van der Waals surface area contributed by atoms with Crippen molar-refractivity contribution in [2.75, 3.05) is 13.7 Å². The minimum Gasteiger partial charge on any atom is -0.481 e. The minimum atomic E-state index is -0.970. The first-order chi connectivity index (χ1) is 9.15. The molecule has 0 spiro atoms. The fourth-order valence-corrected chi connectivity index (χ4v) is 2.09. The van der Waals surface area contributed by atoms with E-state index in [0.717, 1.165) is 0 Å². The van der Waals surface area contributed by atoms with E-state index >= 15 is 0 Å². The van der Waals surface area contributed by atoms with Gasteiger partial charge in [-0.05, 0) is 33.6 Å². The van der Waals surface area contributed by atoms with E-state index in [2.05, 4.69) is 4.74 Å². The minimum absolute atomic E-state index is 0.0429. The van der Waals surface area contributed by atoms with Crippen LogP contribution in [0.5, 0.6) is 0 Å². The molecule has 1 amide bonds. The molecular formula is C13H21NO6. The van der Waals surface area contributed by atoms with Crippen molar-refractivity contribution in [2.24, 2.45) is 5.92 Å². The summed E-state index contributed by atoms with van der Waals surface area (Å²) in [5.41, 5.74) is -0.679. The lowest BCUT2D eigenvalue weighted by atomic mass is 9.91. The Morgan fingerprint density at radius 2 is 1.85 bits per heavy atom. The van der Waals surface area contributed by atoms with Gasteiger partial charge in [0.2, 0.25) is 0 Å². The van der Waals surface area contributed by atoms with Crippen LogP contribution in [0.1, 0.15) is 33.6 Å². The number of methoxy groups -OCH3 is 1. The highest BCUT2D eigenvalue weighted by molar-refractivity contribution is 5.83. The fourth-order valence-electron chi connectivity index (χ4n) is 2.09. The van der Waals surface area contributed by atoms with Crippen molar-refractivity contribution in [2.45, 2.75) is 45.3 Å². The SMILES string of the molecule is COC(=O)[C@H]1C[C@H](C(=O)O)CCN1C(=O)OC(C)(C)C. The highest BCUT2D eigenvalue weighted by Gasteiger charge is 2.40. The van der Waals surface area contributed by atoms with Crippen molar-refractivity contribution < 1.29 is 29.0 Å². The van der Waals surface area contributed by atoms with E-state index in [1.165, 1.54) is 12.0 Å². The Hall–Kier alpha value is -1.79. The molecule has 1 aliphatic heterocycles. The van der Waals surface area contributed by atoms with Gasteiger partial charge in [-0.3, -0.25) is 9.69 Å². The second-order valence-corrected chi connectivity index (χ2v) is 5.77. The largest absolute Gasteiger partial charge is 0.481 e. The Kier molecular flexibility index (Phi) is 4.97. The Labute approximate surface area is 117 Å². The average Bonchev–Trinajstić information content (AvgIpc) is 2.34. The van der Waals surface area contributed by atoms with Crippen molar-refractivity contribution in [3.8, 4) is 0 Å². The van der Waals surface area contributed by atoms with Crippen LogP contribution in [0.2, 0.25) is 0 Å². The van der Waals surface area contributed by atoms with E-state index in [4.69, 9.17) is 9.84 Å². The number of aliphatic carboxylic acids is 1. The number of amides is 1. The van der Waals surface area contributed by atoms with E-state index in [1.54, 1.807) is 20.8 Å². The third kappa shape index (κ3) is 4.11. The van der Waals surface area contributed by atoms with Gasteiger partial charge < -0.3 is 14.6 Å². The number of carbonyl (C=O) groups is 3. The molecule has 20 heavy (non-hydrogen) atoms. The number of esters is 1. The molecule has 1 heterocycles. The first-order valence-electron chi connectivity index (χ1n) is 6.46. The molecule has 1 fully saturated rings. The molecule has 0 aliphatic carbocycles. The van der Waals surface area contributed by atoms with E-state index in [0.29, 0.717) is 6.42 Å². The monoisotopic (exact) mass is 287 g/mol. The highest BCUT2D eigenvalue weighted by atomic mass is 16.6. The molecule has 2 atom stereocenters. The molecule has 0 aromatic carbocycles. The topological polar surface area (TPSA) is 93.1 Å². The molecule has 7 heteroatoms. The van der Waals surface area contributed by atoms with Gasteiger partial charge in [0.1, 0.15) is 11.6 Å². The Balaban J connectivity index is 2.85. The molecule has 114 valence electrons. The van der Waals surface area contributed by atoms with Gasteiger partial charge in [0, 0.05) is 6.54 Å². The Morgan fingerprint density at radius 1 is 1.25 bits per heavy atom. The number of rotatable bonds is 2. The van der Waals surface area contributed by atoms with Gasteiger partial charge in [0.15, 0.2) is 0 Å². The standard InChI is InChI=1S/C13H21NO6/c1-13(2,3)20-12(18)14-6-5-8(10(15)16)7-9(14)11(17)19-4/h8-9H,5-7H2,1-4H3,(H,15,16)/t8-,9-/m1/s1. The molecule has 0 aromatic heterocycles. The lowest BCUT2D eigenvalue weighted by Gasteiger charge is -2.37. The molecule has 1 rings (SSSR count). The molecule has 0 saturated carbocycles. The van der Waals surface area contributed by atoms with Crippen LogP contribution in [0.15, 0.2) is 0 Å². The van der Waals surface area contributed by atoms with Crippen LogP contribution in [0, 0.1) is 5.92 Å². The maximum absolute atomic E-state index is 12.1. The summed E-state index contributed by atoms with van der Waals surface area (Å²) in [6, 6.07) is -0.912. The third-order valence-corrected chi connectivity index (χ3v) is 3.05. The van der Waals surface area contributed by atoms with Crippen LogP contribution in [0.3, 0.4) is 0 Å². The number of carbonyl (C=O) groups excluding carboxylic acids is 2. The van der Waals surface area contributed by atoms with E-state index in [1.807, 2.05) is 0 Å². The van der Waals surface area contributed by atoms with Crippen LogP contribution in [0.4, 0.5) is 4.79 Å². The summed E-state index contributed by atoms with van der Waals surface area (Å²) >= 11 is 0. The number of hydrogen-bond donors (Lipinski definition) is 1. The molecule has 0 bridgehead atoms. The number of piperidine rings is 1. The molecule has 0 aromatic rings. The maximum atomic E-state index is 12.1. The van der Waals surface area contributed by atoms with Gasteiger partial charge in [-0.25, -0.2) is 9.59 Å². The molecule has 1 aliphatic rings. The van der Waals surface area contributed by atoms with Gasteiger partial charge in [-0.1, -0.05) is 0 Å². The maximum Gasteiger partial charge on any atom is 0.411 e. The molecule has 0 unspecified atom stereocenters. The van der Waals surface area contributed by atoms with Crippen molar-refractivity contribution in [3.05, 3.63) is 0 Å². The molecule has 1 saturated heterocycles. The van der Waals surface area contributed by atoms with Crippen molar-refractivity contribution >= 4 is 18.0 Å². The van der Waals surface area contributed by atoms with Crippen LogP contribution < -0.4 is 0 Å². The van der Waals surface area contributed by atoms with Crippen molar-refractivity contribution in [1.82, 2.24) is 4.90 Å². The van der Waals surface area contributed by atoms with Gasteiger partial charge in [0.25, 0.3) is 0 Å². The number of carboxylic acids is 1. The number of nitrogens with zero attached hydrogens (tertiary/aromatic N) is 1. The van der Waals surface area contributed by atoms with Crippen LogP contribution in [-0.4, -0.2) is 53.3 Å². The third-order valence-electron chi connectivity index (χ3n) is 3.05. The summed E-state index contributed by atoms with van der Waals surface area (Å²) < 4.78 is 9.88. The Morgan fingerprint density at radius 3 is 2.30 bits per heavy atom. The van der Waals surface area contributed by atoms with Gasteiger partial charge in [0.05, 0.1) is 13.0 Å². The lowest BCUT2D eigenvalue weighted by Crippen LogP contribution is -2.52. The first kappa shape index (κ1) is 16.3. The van der Waals surface area contributed by atoms with Crippen molar-refractivity contribution in [1.29, 1.82) is 0 Å². The molecule has 1 N–H and O–H groups in total. The van der Waals surface area contributed by atoms with Gasteiger partial charge in [-0.15, -0.1) is 0 Å². The summed E-state index contributed by atoms with van der Waals surface area (Å²) in [7, 11) is 1.21. The number of likely N-dealkylation sites (tertiary alicyclic amines) is 1. The summed E-state index contributed by atoms with van der Waals surface area (Å²) in [6.45, 7) is 5.33. The smallest absolute Gasteiger partial charge is 0.411 e. The second kappa shape index (κ2) is 6.11. The van der Waals surface area contributed by atoms with Crippen LogP contribution >= 0.6 is 0 Å². The van der Waals surface area contributed by atoms with E-state index in [-0.39, 0.29) is 13.0 Å². The van der Waals surface area contributed by atoms with Crippen LogP contribution in [-0.2, 0) is 19.1 Å². The first-order valence-corrected chi connectivity index (χ1v) is 6.46. The number of carboxylic acid groups (broad SMARTS) is 1. The summed E-state index contributed by atoms with van der Waals surface area (Å²) in [4.78, 5) is 36.1. The average molecular weight is 287 g/mol. The van der Waals surface area contributed by atoms with Gasteiger partial charge in [-0.2, -0.15) is 0 Å². The normalized spacial score (nSPS) is 23.1. The predicted octanol–water partition coefficient (Wildman–Crippen LogP) is 1.26. The quantitative estimate of drug-likeness (QED) is 0.768. The Bertz CT molecular complexity index is 400. The van der Waals surface area contributed by atoms with Gasteiger partial charge >= 0.3 is 18.0 Å². The zero-order valence-corrected chi connectivity index (χ0v) is 12.2. The molecule has 7 nitrogen and oxygen atoms in total. The highest BCUT2D eigenvalue weighted by Crippen LogP contribution is 2.26. The molecular weight excluding hydrogens is 266 g/mol. The molecule has 0 radical (unpaired) electrons. The lowest BCUT2D eigenvalue weighted by molar-refractivity contribution is -0.152. The van der Waals surface area contributed by atoms with E-state index in [9.17, 15) is 14.4 Å². The number of hydrogen-bond acceptors (Lipinski definition) is 5. The second-order valence-electron chi connectivity index (χ2n) is 5.77. The fraction of sp³-hybridized carbons (Fsp3) is 0.769. The summed E-state index contributed by atoms with van der Waals surface area (Å²) in [6.07, 6.45) is -0.291. The van der Waals surface area contributed by atoms with E-state index < -0.39 is 35.6 Å². The summed E-state index contributed by atoms with van der Waals surface area (Å²) in [5.74, 6) is -2.25. The zero-order valence-electron chi connectivity index (χ0n) is 12.2. The van der Waals surface area contributed by atoms with Crippen molar-refractivity contribution in [3.63, 3.8) is 0 Å². The summed E-state index contributed by atoms with van der Waals surface area (Å²) in [5, 5.41) is 9.04. The van der Waals surface area contributed by atoms with Crippen LogP contribution in [0.25, 0.3) is 0 Å². The zero-order chi connectivity index (χ0) is 15.5. The predicted molar refractivity (Wildman–Crippen MR) is 69.1 cm³/mol. The number of ether oxygens (including phenoxy) is 2.